The van der Waals surface area contributed by atoms with Crippen molar-refractivity contribution in [2.24, 2.45) is 0 Å². The summed E-state index contributed by atoms with van der Waals surface area (Å²) < 4.78 is 0. The molecule has 0 aliphatic carbocycles. The van der Waals surface area contributed by atoms with Crippen LogP contribution in [0.25, 0.3) is 0 Å². The van der Waals surface area contributed by atoms with Crippen molar-refractivity contribution in [3.8, 4) is 0 Å². The minimum Gasteiger partial charge on any atom is -0.370 e. The molecule has 0 saturated carbocycles. The van der Waals surface area contributed by atoms with E-state index in [0.29, 0.717) is 23.1 Å². The zero-order chi connectivity index (χ0) is 20.1. The minimum atomic E-state index is -0.187. The predicted molar refractivity (Wildman–Crippen MR) is 117 cm³/mol. The van der Waals surface area contributed by atoms with Crippen molar-refractivity contribution in [3.05, 3.63) is 51.8 Å². The van der Waals surface area contributed by atoms with Gasteiger partial charge in [-0.15, -0.1) is 22.7 Å². The highest BCUT2D eigenvalue weighted by Gasteiger charge is 2.14. The van der Waals surface area contributed by atoms with E-state index in [9.17, 15) is 9.59 Å². The zero-order valence-corrected chi connectivity index (χ0v) is 17.4. The van der Waals surface area contributed by atoms with E-state index in [-0.39, 0.29) is 18.2 Å². The van der Waals surface area contributed by atoms with Crippen LogP contribution in [-0.4, -0.2) is 34.9 Å². The topological polar surface area (TPSA) is 87.2 Å². The van der Waals surface area contributed by atoms with E-state index in [2.05, 4.69) is 25.5 Å². The molecule has 0 spiro atoms. The number of thiophene rings is 1. The number of amides is 2. The van der Waals surface area contributed by atoms with Gasteiger partial charge in [0, 0.05) is 23.3 Å². The molecule has 1 aliphatic heterocycles. The molecule has 4 heterocycles. The van der Waals surface area contributed by atoms with E-state index in [1.165, 1.54) is 24.2 Å². The number of aromatic nitrogens is 2. The van der Waals surface area contributed by atoms with Crippen LogP contribution in [0.15, 0.2) is 41.2 Å². The molecule has 9 heteroatoms. The summed E-state index contributed by atoms with van der Waals surface area (Å²) in [5.41, 5.74) is 1.70. The summed E-state index contributed by atoms with van der Waals surface area (Å²) in [6.45, 7) is 2.12. The fourth-order valence-electron chi connectivity index (χ4n) is 3.15. The van der Waals surface area contributed by atoms with Gasteiger partial charge in [0.25, 0.3) is 0 Å². The van der Waals surface area contributed by atoms with E-state index in [0.717, 1.165) is 23.7 Å². The van der Waals surface area contributed by atoms with Crippen molar-refractivity contribution in [1.82, 2.24) is 9.97 Å². The van der Waals surface area contributed by atoms with Crippen molar-refractivity contribution in [1.29, 1.82) is 0 Å². The number of nitrogens with zero attached hydrogens (tertiary/aromatic N) is 3. The van der Waals surface area contributed by atoms with E-state index >= 15 is 0 Å². The van der Waals surface area contributed by atoms with Gasteiger partial charge in [-0.2, -0.15) is 0 Å². The standard InChI is InChI=1S/C20H21N5O2S2/c26-18(23-17-6-5-15(12-21-17)25-7-1-2-8-25)10-14-13-29-20(22-14)24-19(27)11-16-4-3-9-28-16/h3-6,9,12-13H,1-2,7-8,10-11H2,(H,21,23,26)(H,22,24,27). The first kappa shape index (κ1) is 19.5. The Kier molecular flexibility index (Phi) is 6.16. The van der Waals surface area contributed by atoms with Crippen molar-refractivity contribution in [3.63, 3.8) is 0 Å². The monoisotopic (exact) mass is 427 g/mol. The lowest BCUT2D eigenvalue weighted by molar-refractivity contribution is -0.116. The summed E-state index contributed by atoms with van der Waals surface area (Å²) in [5, 5.41) is 9.81. The molecule has 3 aromatic heterocycles. The quantitative estimate of drug-likeness (QED) is 0.602. The average molecular weight is 428 g/mol. The van der Waals surface area contributed by atoms with E-state index in [1.807, 2.05) is 29.6 Å². The Labute approximate surface area is 176 Å². The molecule has 0 aromatic carbocycles. The number of hydrogen-bond donors (Lipinski definition) is 2. The summed E-state index contributed by atoms with van der Waals surface area (Å²) in [5.74, 6) is 0.228. The van der Waals surface area contributed by atoms with Crippen LogP contribution in [0.4, 0.5) is 16.6 Å². The summed E-state index contributed by atoms with van der Waals surface area (Å²) in [7, 11) is 0. The van der Waals surface area contributed by atoms with Gasteiger partial charge in [-0.05, 0) is 36.4 Å². The Morgan fingerprint density at radius 3 is 2.59 bits per heavy atom. The predicted octanol–water partition coefficient (Wildman–Crippen LogP) is 3.56. The minimum absolute atomic E-state index is 0.111. The first-order valence-electron chi connectivity index (χ1n) is 9.43. The van der Waals surface area contributed by atoms with Crippen LogP contribution in [0, 0.1) is 0 Å². The highest BCUT2D eigenvalue weighted by Crippen LogP contribution is 2.21. The second-order valence-electron chi connectivity index (χ2n) is 6.77. The van der Waals surface area contributed by atoms with Crippen molar-refractivity contribution in [2.75, 3.05) is 28.6 Å². The highest BCUT2D eigenvalue weighted by molar-refractivity contribution is 7.14. The molecule has 1 saturated heterocycles. The van der Waals surface area contributed by atoms with Crippen LogP contribution >= 0.6 is 22.7 Å². The number of pyridine rings is 1. The van der Waals surface area contributed by atoms with Crippen molar-refractivity contribution < 1.29 is 9.59 Å². The summed E-state index contributed by atoms with van der Waals surface area (Å²) in [6.07, 6.45) is 4.68. The molecule has 29 heavy (non-hydrogen) atoms. The van der Waals surface area contributed by atoms with Crippen LogP contribution in [0.5, 0.6) is 0 Å². The molecule has 1 fully saturated rings. The van der Waals surface area contributed by atoms with Crippen LogP contribution in [-0.2, 0) is 22.4 Å². The first-order valence-corrected chi connectivity index (χ1v) is 11.2. The Bertz CT molecular complexity index is 963. The first-order chi connectivity index (χ1) is 14.2. The number of carbonyl (C=O) groups is 2. The smallest absolute Gasteiger partial charge is 0.231 e. The number of rotatable bonds is 7. The molecule has 7 nitrogen and oxygen atoms in total. The second-order valence-corrected chi connectivity index (χ2v) is 8.66. The molecule has 150 valence electrons. The summed E-state index contributed by atoms with van der Waals surface area (Å²) in [6, 6.07) is 7.65. The van der Waals surface area contributed by atoms with Crippen LogP contribution in [0.1, 0.15) is 23.4 Å². The van der Waals surface area contributed by atoms with Crippen LogP contribution in [0.2, 0.25) is 0 Å². The Morgan fingerprint density at radius 1 is 1.03 bits per heavy atom. The summed E-state index contributed by atoms with van der Waals surface area (Å²) >= 11 is 2.86. The molecule has 1 aliphatic rings. The molecule has 0 radical (unpaired) electrons. The lowest BCUT2D eigenvalue weighted by atomic mass is 10.3. The van der Waals surface area contributed by atoms with E-state index in [4.69, 9.17) is 0 Å². The molecular formula is C20H21N5O2S2. The van der Waals surface area contributed by atoms with Crippen LogP contribution in [0.3, 0.4) is 0 Å². The molecule has 2 amide bonds. The van der Waals surface area contributed by atoms with Gasteiger partial charge in [0.1, 0.15) is 5.82 Å². The Hall–Kier alpha value is -2.78. The number of nitrogens with one attached hydrogen (secondary N) is 2. The largest absolute Gasteiger partial charge is 0.370 e. The average Bonchev–Trinajstić information content (AvgIpc) is 3.45. The normalized spacial score (nSPS) is 13.4. The third-order valence-electron chi connectivity index (χ3n) is 4.54. The molecule has 4 rings (SSSR count). The molecule has 0 atom stereocenters. The maximum atomic E-state index is 12.3. The fraction of sp³-hybridized carbons (Fsp3) is 0.300. The van der Waals surface area contributed by atoms with Gasteiger partial charge in [0.05, 0.1) is 30.4 Å². The maximum Gasteiger partial charge on any atom is 0.231 e. The zero-order valence-electron chi connectivity index (χ0n) is 15.8. The molecule has 0 unspecified atom stereocenters. The van der Waals surface area contributed by atoms with Crippen LogP contribution < -0.4 is 15.5 Å². The molecule has 0 bridgehead atoms. The molecular weight excluding hydrogens is 406 g/mol. The van der Waals surface area contributed by atoms with E-state index in [1.54, 1.807) is 22.9 Å². The lowest BCUT2D eigenvalue weighted by Crippen LogP contribution is -2.19. The Morgan fingerprint density at radius 2 is 1.86 bits per heavy atom. The van der Waals surface area contributed by atoms with Gasteiger partial charge in [0.2, 0.25) is 11.8 Å². The number of anilines is 3. The number of hydrogen-bond acceptors (Lipinski definition) is 7. The number of carbonyl (C=O) groups excluding carboxylic acids is 2. The van der Waals surface area contributed by atoms with Gasteiger partial charge in [-0.25, -0.2) is 9.97 Å². The fourth-order valence-corrected chi connectivity index (χ4v) is 4.58. The van der Waals surface area contributed by atoms with Crippen molar-refractivity contribution in [2.45, 2.75) is 25.7 Å². The van der Waals surface area contributed by atoms with Gasteiger partial charge >= 0.3 is 0 Å². The lowest BCUT2D eigenvalue weighted by Gasteiger charge is -2.17. The number of thiazole rings is 1. The molecule has 2 N–H and O–H groups in total. The van der Waals surface area contributed by atoms with Gasteiger partial charge in [0.15, 0.2) is 5.13 Å². The Balaban J connectivity index is 1.27. The SMILES string of the molecule is O=C(Cc1csc(NC(=O)Cc2cccs2)n1)Nc1ccc(N2CCCC2)cn1. The molecule has 3 aromatic rings. The highest BCUT2D eigenvalue weighted by atomic mass is 32.1. The third-order valence-corrected chi connectivity index (χ3v) is 6.22. The van der Waals surface area contributed by atoms with Crippen molar-refractivity contribution >= 4 is 51.1 Å². The van der Waals surface area contributed by atoms with Gasteiger partial charge in [-0.1, -0.05) is 6.07 Å². The third kappa shape index (κ3) is 5.39. The summed E-state index contributed by atoms with van der Waals surface area (Å²) in [4.78, 5) is 36.3. The second kappa shape index (κ2) is 9.15. The van der Waals surface area contributed by atoms with Gasteiger partial charge < -0.3 is 15.5 Å². The maximum absolute atomic E-state index is 12.3. The van der Waals surface area contributed by atoms with Gasteiger partial charge in [-0.3, -0.25) is 9.59 Å². The van der Waals surface area contributed by atoms with E-state index < -0.39 is 0 Å².